The first-order chi connectivity index (χ1) is 14.6. The van der Waals surface area contributed by atoms with Gasteiger partial charge in [-0.3, -0.25) is 4.79 Å². The molecule has 3 heterocycles. The zero-order chi connectivity index (χ0) is 21.0. The fraction of sp³-hybridized carbons (Fsp3) is 0.565. The van der Waals surface area contributed by atoms with Crippen LogP contribution in [0.4, 0.5) is 0 Å². The Morgan fingerprint density at radius 2 is 1.87 bits per heavy atom. The fourth-order valence-corrected chi connectivity index (χ4v) is 5.00. The van der Waals surface area contributed by atoms with E-state index < -0.39 is 0 Å². The number of hydrogen-bond acceptors (Lipinski definition) is 6. The number of carbonyl (C=O) groups is 1. The number of amides is 1. The quantitative estimate of drug-likeness (QED) is 0.765. The Balaban J connectivity index is 1.27. The third-order valence-corrected chi connectivity index (χ3v) is 7.05. The summed E-state index contributed by atoms with van der Waals surface area (Å²) < 4.78 is 6.22. The molecule has 1 N–H and O–H groups in total. The van der Waals surface area contributed by atoms with Gasteiger partial charge in [0.1, 0.15) is 5.69 Å². The van der Waals surface area contributed by atoms with Gasteiger partial charge in [0, 0.05) is 38.2 Å². The highest BCUT2D eigenvalue weighted by Gasteiger charge is 2.41. The van der Waals surface area contributed by atoms with E-state index in [0.29, 0.717) is 25.4 Å². The standard InChI is InChI=1S/C23H31N3O3S/c1-18-24-21(16-30-18)22(28)26-13-15-29-23(17-26)8-11-25(12-9-23)10-6-19-2-4-20(5-3-19)7-14-27/h2-5,16,27H,6-15,17H2,1H3. The van der Waals surface area contributed by atoms with E-state index in [9.17, 15) is 4.79 Å². The van der Waals surface area contributed by atoms with Gasteiger partial charge in [-0.1, -0.05) is 24.3 Å². The first-order valence-corrected chi connectivity index (χ1v) is 11.7. The molecule has 0 bridgehead atoms. The van der Waals surface area contributed by atoms with Crippen LogP contribution in [0.15, 0.2) is 29.6 Å². The summed E-state index contributed by atoms with van der Waals surface area (Å²) in [5, 5.41) is 11.8. The molecule has 7 heteroatoms. The Morgan fingerprint density at radius 3 is 2.50 bits per heavy atom. The van der Waals surface area contributed by atoms with E-state index in [1.807, 2.05) is 17.2 Å². The molecule has 2 aromatic rings. The van der Waals surface area contributed by atoms with Crippen molar-refractivity contribution in [3.63, 3.8) is 0 Å². The zero-order valence-electron chi connectivity index (χ0n) is 17.7. The highest BCUT2D eigenvalue weighted by atomic mass is 32.1. The van der Waals surface area contributed by atoms with E-state index in [-0.39, 0.29) is 18.1 Å². The van der Waals surface area contributed by atoms with Gasteiger partial charge < -0.3 is 19.6 Å². The summed E-state index contributed by atoms with van der Waals surface area (Å²) in [7, 11) is 0. The number of thiazole rings is 1. The van der Waals surface area contributed by atoms with E-state index >= 15 is 0 Å². The van der Waals surface area contributed by atoms with E-state index in [1.165, 1.54) is 22.5 Å². The molecule has 2 aliphatic rings. The number of aliphatic hydroxyl groups excluding tert-OH is 1. The summed E-state index contributed by atoms with van der Waals surface area (Å²) in [5.74, 6) is 0.0362. The van der Waals surface area contributed by atoms with Crippen molar-refractivity contribution in [3.05, 3.63) is 51.5 Å². The number of likely N-dealkylation sites (tertiary alicyclic amines) is 1. The molecule has 6 nitrogen and oxygen atoms in total. The number of ether oxygens (including phenoxy) is 1. The molecular formula is C23H31N3O3S. The fourth-order valence-electron chi connectivity index (χ4n) is 4.42. The summed E-state index contributed by atoms with van der Waals surface area (Å²) in [6, 6.07) is 8.57. The summed E-state index contributed by atoms with van der Waals surface area (Å²) >= 11 is 1.52. The van der Waals surface area contributed by atoms with Crippen LogP contribution in [0.3, 0.4) is 0 Å². The molecule has 2 aliphatic heterocycles. The highest BCUT2D eigenvalue weighted by molar-refractivity contribution is 7.09. The van der Waals surface area contributed by atoms with Crippen LogP contribution in [0.1, 0.15) is 39.5 Å². The van der Waals surface area contributed by atoms with Gasteiger partial charge in [-0.15, -0.1) is 11.3 Å². The molecule has 1 spiro atoms. The number of aliphatic hydroxyl groups is 1. The Kier molecular flexibility index (Phi) is 6.83. The Morgan fingerprint density at radius 1 is 1.17 bits per heavy atom. The first-order valence-electron chi connectivity index (χ1n) is 10.8. The number of hydrogen-bond donors (Lipinski definition) is 1. The van der Waals surface area contributed by atoms with Crippen LogP contribution in [0.2, 0.25) is 0 Å². The Labute approximate surface area is 182 Å². The van der Waals surface area contributed by atoms with Gasteiger partial charge in [-0.05, 0) is 43.7 Å². The molecule has 30 heavy (non-hydrogen) atoms. The second-order valence-electron chi connectivity index (χ2n) is 8.39. The van der Waals surface area contributed by atoms with E-state index in [0.717, 1.165) is 50.3 Å². The topological polar surface area (TPSA) is 65.9 Å². The number of benzene rings is 1. The molecule has 2 fully saturated rings. The minimum Gasteiger partial charge on any atom is -0.396 e. The molecule has 1 aromatic carbocycles. The summed E-state index contributed by atoms with van der Waals surface area (Å²) in [5.41, 5.74) is 2.88. The molecule has 1 aromatic heterocycles. The van der Waals surface area contributed by atoms with Gasteiger partial charge in [0.25, 0.3) is 5.91 Å². The number of rotatable bonds is 6. The molecule has 0 unspecified atom stereocenters. The van der Waals surface area contributed by atoms with Gasteiger partial charge >= 0.3 is 0 Å². The van der Waals surface area contributed by atoms with Crippen molar-refractivity contribution in [2.75, 3.05) is 45.9 Å². The third-order valence-electron chi connectivity index (χ3n) is 6.28. The lowest BCUT2D eigenvalue weighted by atomic mass is 9.89. The minimum atomic E-state index is -0.207. The minimum absolute atomic E-state index is 0.0362. The van der Waals surface area contributed by atoms with Crippen LogP contribution in [-0.4, -0.2) is 77.3 Å². The molecule has 1 amide bonds. The Hall–Kier alpha value is -1.80. The first kappa shape index (κ1) is 21.4. The maximum Gasteiger partial charge on any atom is 0.273 e. The van der Waals surface area contributed by atoms with Crippen LogP contribution < -0.4 is 0 Å². The highest BCUT2D eigenvalue weighted by Crippen LogP contribution is 2.31. The van der Waals surface area contributed by atoms with Crippen LogP contribution in [0, 0.1) is 6.92 Å². The van der Waals surface area contributed by atoms with E-state index in [1.54, 1.807) is 0 Å². The van der Waals surface area contributed by atoms with Crippen molar-refractivity contribution in [1.82, 2.24) is 14.8 Å². The van der Waals surface area contributed by atoms with Gasteiger partial charge in [0.05, 0.1) is 23.8 Å². The average molecular weight is 430 g/mol. The van der Waals surface area contributed by atoms with Crippen molar-refractivity contribution in [2.45, 2.75) is 38.2 Å². The number of aryl methyl sites for hydroxylation is 1. The second kappa shape index (κ2) is 9.56. The molecule has 2 saturated heterocycles. The van der Waals surface area contributed by atoms with Gasteiger partial charge in [0.2, 0.25) is 0 Å². The molecule has 0 saturated carbocycles. The third kappa shape index (κ3) is 5.09. The molecule has 0 atom stereocenters. The van der Waals surface area contributed by atoms with Crippen LogP contribution in [-0.2, 0) is 17.6 Å². The molecule has 4 rings (SSSR count). The lowest BCUT2D eigenvalue weighted by molar-refractivity contribution is -0.127. The smallest absolute Gasteiger partial charge is 0.273 e. The van der Waals surface area contributed by atoms with Crippen molar-refractivity contribution in [1.29, 1.82) is 0 Å². The normalized spacial score (nSPS) is 19.3. The summed E-state index contributed by atoms with van der Waals surface area (Å²) in [6.07, 6.45) is 3.67. The molecular weight excluding hydrogens is 398 g/mol. The average Bonchev–Trinajstić information content (AvgIpc) is 3.20. The largest absolute Gasteiger partial charge is 0.396 e. The summed E-state index contributed by atoms with van der Waals surface area (Å²) in [6.45, 7) is 7.09. The maximum atomic E-state index is 12.8. The second-order valence-corrected chi connectivity index (χ2v) is 9.45. The summed E-state index contributed by atoms with van der Waals surface area (Å²) in [4.78, 5) is 21.6. The lowest BCUT2D eigenvalue weighted by Crippen LogP contribution is -2.58. The predicted molar refractivity (Wildman–Crippen MR) is 118 cm³/mol. The van der Waals surface area contributed by atoms with Crippen LogP contribution >= 0.6 is 11.3 Å². The number of nitrogens with zero attached hydrogens (tertiary/aromatic N) is 3. The van der Waals surface area contributed by atoms with Crippen molar-refractivity contribution < 1.29 is 14.6 Å². The maximum absolute atomic E-state index is 12.8. The predicted octanol–water partition coefficient (Wildman–Crippen LogP) is 2.54. The Bertz CT molecular complexity index is 844. The van der Waals surface area contributed by atoms with Crippen molar-refractivity contribution >= 4 is 17.2 Å². The number of aromatic nitrogens is 1. The molecule has 0 radical (unpaired) electrons. The molecule has 162 valence electrons. The van der Waals surface area contributed by atoms with E-state index in [2.05, 4.69) is 34.1 Å². The lowest BCUT2D eigenvalue weighted by Gasteiger charge is -2.47. The number of piperidine rings is 1. The van der Waals surface area contributed by atoms with Crippen molar-refractivity contribution in [2.24, 2.45) is 0 Å². The number of morpholine rings is 1. The van der Waals surface area contributed by atoms with Gasteiger partial charge in [-0.2, -0.15) is 0 Å². The van der Waals surface area contributed by atoms with Gasteiger partial charge in [0.15, 0.2) is 0 Å². The van der Waals surface area contributed by atoms with Crippen LogP contribution in [0.25, 0.3) is 0 Å². The van der Waals surface area contributed by atoms with E-state index in [4.69, 9.17) is 9.84 Å². The van der Waals surface area contributed by atoms with Crippen molar-refractivity contribution in [3.8, 4) is 0 Å². The van der Waals surface area contributed by atoms with Crippen LogP contribution in [0.5, 0.6) is 0 Å². The monoisotopic (exact) mass is 429 g/mol. The zero-order valence-corrected chi connectivity index (χ0v) is 18.5. The SMILES string of the molecule is Cc1nc(C(=O)N2CCOC3(CCN(CCc4ccc(CCO)cc4)CC3)C2)cs1. The van der Waals surface area contributed by atoms with Gasteiger partial charge in [-0.25, -0.2) is 4.98 Å². The molecule has 0 aliphatic carbocycles. The number of carbonyl (C=O) groups excluding carboxylic acids is 1.